The second kappa shape index (κ2) is 11.2. The molecule has 6 nitrogen and oxygen atoms in total. The molecular formula is C30H21Br2N3O3. The lowest BCUT2D eigenvalue weighted by molar-refractivity contribution is 0.0734. The number of ether oxygens (including phenoxy) is 1. The van der Waals surface area contributed by atoms with Gasteiger partial charge in [0, 0.05) is 31.0 Å². The summed E-state index contributed by atoms with van der Waals surface area (Å²) in [4.78, 5) is 29.2. The van der Waals surface area contributed by atoms with Crippen LogP contribution in [0, 0.1) is 6.92 Å². The Hall–Kier alpha value is -4.01. The third kappa shape index (κ3) is 5.61. The largest absolute Gasteiger partial charge is 0.422 e. The van der Waals surface area contributed by atoms with Gasteiger partial charge in [0.05, 0.1) is 11.8 Å². The number of benzene rings is 4. The van der Waals surface area contributed by atoms with E-state index >= 15 is 0 Å². The number of hydrogen-bond acceptors (Lipinski definition) is 4. The van der Waals surface area contributed by atoms with Gasteiger partial charge in [-0.2, -0.15) is 5.10 Å². The molecule has 0 aliphatic heterocycles. The summed E-state index contributed by atoms with van der Waals surface area (Å²) in [7, 11) is 0. The van der Waals surface area contributed by atoms with Gasteiger partial charge >= 0.3 is 5.97 Å². The molecule has 1 heterocycles. The van der Waals surface area contributed by atoms with E-state index in [0.717, 1.165) is 36.5 Å². The maximum Gasteiger partial charge on any atom is 0.343 e. The Morgan fingerprint density at radius 1 is 0.895 bits per heavy atom. The molecule has 0 aliphatic rings. The van der Waals surface area contributed by atoms with Crippen LogP contribution in [0.3, 0.4) is 0 Å². The van der Waals surface area contributed by atoms with Crippen LogP contribution < -0.4 is 10.2 Å². The second-order valence-corrected chi connectivity index (χ2v) is 10.4. The molecule has 5 rings (SSSR count). The molecule has 1 amide bonds. The van der Waals surface area contributed by atoms with Crippen LogP contribution in [0.25, 0.3) is 22.0 Å². The summed E-state index contributed by atoms with van der Waals surface area (Å²) in [5.41, 5.74) is 7.44. The molecule has 0 fully saturated rings. The molecule has 5 aromatic rings. The molecule has 38 heavy (non-hydrogen) atoms. The Bertz CT molecular complexity index is 1690. The number of halogens is 2. The quantitative estimate of drug-likeness (QED) is 0.0875. The Morgan fingerprint density at radius 2 is 1.66 bits per heavy atom. The molecule has 1 aromatic heterocycles. The van der Waals surface area contributed by atoms with Crippen molar-refractivity contribution in [2.75, 3.05) is 0 Å². The number of esters is 1. The number of carbonyl (C=O) groups is 2. The van der Waals surface area contributed by atoms with Crippen molar-refractivity contribution in [2.45, 2.75) is 6.92 Å². The van der Waals surface area contributed by atoms with E-state index in [2.05, 4.69) is 47.4 Å². The van der Waals surface area contributed by atoms with E-state index in [1.54, 1.807) is 36.4 Å². The standard InChI is InChI=1S/C30H21Br2N3O3/c1-18-6-5-9-20(14-18)30(37)38-26-13-11-22(31)15-21(26)17-33-35-29(36)28-27(19-7-3-2-4-8-19)24-16-23(32)10-12-25(24)34-28/h2-17,34H,1H3,(H,35,36). The van der Waals surface area contributed by atoms with Gasteiger partial charge < -0.3 is 9.72 Å². The van der Waals surface area contributed by atoms with Crippen molar-refractivity contribution >= 4 is 60.9 Å². The maximum absolute atomic E-state index is 13.3. The Balaban J connectivity index is 1.41. The van der Waals surface area contributed by atoms with Crippen LogP contribution in [0.2, 0.25) is 0 Å². The highest BCUT2D eigenvalue weighted by Crippen LogP contribution is 2.34. The Kier molecular flexibility index (Phi) is 7.53. The van der Waals surface area contributed by atoms with Crippen molar-refractivity contribution in [3.05, 3.63) is 122 Å². The lowest BCUT2D eigenvalue weighted by atomic mass is 10.0. The topological polar surface area (TPSA) is 83.5 Å². The molecule has 0 aliphatic carbocycles. The summed E-state index contributed by atoms with van der Waals surface area (Å²) >= 11 is 6.96. The van der Waals surface area contributed by atoms with Crippen molar-refractivity contribution in [3.63, 3.8) is 0 Å². The van der Waals surface area contributed by atoms with Gasteiger partial charge in [-0.1, -0.05) is 79.9 Å². The van der Waals surface area contributed by atoms with E-state index in [-0.39, 0.29) is 0 Å². The highest BCUT2D eigenvalue weighted by atomic mass is 79.9. The zero-order chi connectivity index (χ0) is 26.6. The van der Waals surface area contributed by atoms with E-state index < -0.39 is 11.9 Å². The molecule has 0 spiro atoms. The molecule has 2 N–H and O–H groups in total. The molecule has 8 heteroatoms. The van der Waals surface area contributed by atoms with Crippen LogP contribution in [0.5, 0.6) is 5.75 Å². The molecule has 0 bridgehead atoms. The monoisotopic (exact) mass is 629 g/mol. The zero-order valence-corrected chi connectivity index (χ0v) is 23.3. The number of nitrogens with zero attached hydrogens (tertiary/aromatic N) is 1. The molecule has 0 saturated carbocycles. The molecule has 0 radical (unpaired) electrons. The van der Waals surface area contributed by atoms with Gasteiger partial charge in [0.25, 0.3) is 5.91 Å². The second-order valence-electron chi connectivity index (χ2n) is 8.57. The van der Waals surface area contributed by atoms with E-state index in [1.807, 2.05) is 61.5 Å². The van der Waals surface area contributed by atoms with E-state index in [4.69, 9.17) is 4.74 Å². The molecule has 0 atom stereocenters. The number of hydrogen-bond donors (Lipinski definition) is 2. The molecule has 0 unspecified atom stereocenters. The fourth-order valence-electron chi connectivity index (χ4n) is 4.10. The van der Waals surface area contributed by atoms with Crippen LogP contribution in [0.4, 0.5) is 0 Å². The van der Waals surface area contributed by atoms with Gasteiger partial charge in [0.2, 0.25) is 0 Å². The number of fused-ring (bicyclic) bond motifs is 1. The number of aromatic nitrogens is 1. The summed E-state index contributed by atoms with van der Waals surface area (Å²) in [6.07, 6.45) is 1.45. The molecule has 0 saturated heterocycles. The van der Waals surface area contributed by atoms with Gasteiger partial charge in [-0.05, 0) is 61.0 Å². The SMILES string of the molecule is Cc1cccc(C(=O)Oc2ccc(Br)cc2C=NNC(=O)c2[nH]c3ccc(Br)cc3c2-c2ccccc2)c1. The lowest BCUT2D eigenvalue weighted by Gasteiger charge is -2.09. The number of aryl methyl sites for hydroxylation is 1. The minimum atomic E-state index is -0.480. The maximum atomic E-state index is 13.3. The number of aromatic amines is 1. The third-order valence-corrected chi connectivity index (χ3v) is 6.83. The highest BCUT2D eigenvalue weighted by molar-refractivity contribution is 9.10. The van der Waals surface area contributed by atoms with Crippen LogP contribution in [-0.2, 0) is 0 Å². The number of H-pyrrole nitrogens is 1. The average Bonchev–Trinajstić information content (AvgIpc) is 3.29. The number of nitrogens with one attached hydrogen (secondary N) is 2. The van der Waals surface area contributed by atoms with Crippen LogP contribution in [-0.4, -0.2) is 23.1 Å². The number of amides is 1. The van der Waals surface area contributed by atoms with Crippen LogP contribution >= 0.6 is 31.9 Å². The molecule has 188 valence electrons. The molecular weight excluding hydrogens is 610 g/mol. The Labute approximate surface area is 236 Å². The average molecular weight is 631 g/mol. The minimum Gasteiger partial charge on any atom is -0.422 e. The van der Waals surface area contributed by atoms with Crippen molar-refractivity contribution in [3.8, 4) is 16.9 Å². The van der Waals surface area contributed by atoms with Gasteiger partial charge in [0.15, 0.2) is 0 Å². The summed E-state index contributed by atoms with van der Waals surface area (Å²) in [6.45, 7) is 1.91. The van der Waals surface area contributed by atoms with Gasteiger partial charge in [-0.3, -0.25) is 4.79 Å². The number of rotatable bonds is 6. The summed E-state index contributed by atoms with van der Waals surface area (Å²) in [5.74, 6) is -0.565. The van der Waals surface area contributed by atoms with Crippen molar-refractivity contribution in [1.29, 1.82) is 0 Å². The predicted molar refractivity (Wildman–Crippen MR) is 157 cm³/mol. The minimum absolute atomic E-state index is 0.318. The first-order valence-electron chi connectivity index (χ1n) is 11.7. The third-order valence-electron chi connectivity index (χ3n) is 5.85. The lowest BCUT2D eigenvalue weighted by Crippen LogP contribution is -2.19. The van der Waals surface area contributed by atoms with Crippen molar-refractivity contribution < 1.29 is 14.3 Å². The van der Waals surface area contributed by atoms with Gasteiger partial charge in [-0.15, -0.1) is 0 Å². The summed E-state index contributed by atoms with van der Waals surface area (Å²) < 4.78 is 7.32. The van der Waals surface area contributed by atoms with Crippen molar-refractivity contribution in [2.24, 2.45) is 5.10 Å². The van der Waals surface area contributed by atoms with Crippen LogP contribution in [0.1, 0.15) is 32.0 Å². The van der Waals surface area contributed by atoms with Gasteiger partial charge in [-0.25, -0.2) is 10.2 Å². The van der Waals surface area contributed by atoms with E-state index in [1.165, 1.54) is 6.21 Å². The highest BCUT2D eigenvalue weighted by Gasteiger charge is 2.19. The summed E-state index contributed by atoms with van der Waals surface area (Å²) in [6, 6.07) is 27.9. The van der Waals surface area contributed by atoms with E-state index in [9.17, 15) is 9.59 Å². The normalized spacial score (nSPS) is 11.1. The molecule has 4 aromatic carbocycles. The predicted octanol–water partition coefficient (Wildman–Crippen LogP) is 7.65. The Morgan fingerprint density at radius 3 is 2.45 bits per heavy atom. The number of carbonyl (C=O) groups excluding carboxylic acids is 2. The summed E-state index contributed by atoms with van der Waals surface area (Å²) in [5, 5.41) is 5.08. The fraction of sp³-hybridized carbons (Fsp3) is 0.0333. The van der Waals surface area contributed by atoms with Crippen LogP contribution in [0.15, 0.2) is 105 Å². The van der Waals surface area contributed by atoms with Gasteiger partial charge in [0.1, 0.15) is 11.4 Å². The smallest absolute Gasteiger partial charge is 0.343 e. The number of hydrazone groups is 1. The fourth-order valence-corrected chi connectivity index (χ4v) is 4.84. The zero-order valence-electron chi connectivity index (χ0n) is 20.2. The van der Waals surface area contributed by atoms with Crippen molar-refractivity contribution in [1.82, 2.24) is 10.4 Å². The first-order chi connectivity index (χ1) is 18.4. The first kappa shape index (κ1) is 25.6. The van der Waals surface area contributed by atoms with E-state index in [0.29, 0.717) is 22.6 Å². The first-order valence-corrected chi connectivity index (χ1v) is 13.3.